The molecule has 2 rings (SSSR count). The molecule has 0 saturated carbocycles. The normalized spacial score (nSPS) is 11.8. The lowest BCUT2D eigenvalue weighted by Crippen LogP contribution is -2.19. The number of benzene rings is 1. The van der Waals surface area contributed by atoms with Crippen LogP contribution in [0.5, 0.6) is 0 Å². The van der Waals surface area contributed by atoms with Crippen LogP contribution in [-0.2, 0) is 9.47 Å². The Morgan fingerprint density at radius 3 is 2.71 bits per heavy atom. The lowest BCUT2D eigenvalue weighted by Gasteiger charge is -2.17. The molecule has 0 amide bonds. The molecule has 1 atom stereocenters. The first-order valence-corrected chi connectivity index (χ1v) is 7.66. The largest absolute Gasteiger partial charge is 0.451 e. The highest BCUT2D eigenvalue weighted by Crippen LogP contribution is 2.23. The summed E-state index contributed by atoms with van der Waals surface area (Å²) in [7, 11) is 0. The number of ether oxygens (including phenoxy) is 2. The molecule has 1 aromatic heterocycles. The molecule has 0 fully saturated rings. The second-order valence-corrected chi connectivity index (χ2v) is 5.36. The van der Waals surface area contributed by atoms with Crippen LogP contribution < -0.4 is 0 Å². The van der Waals surface area contributed by atoms with Crippen LogP contribution in [0, 0.1) is 11.8 Å². The number of thiocarbonyl (C=S) groups is 1. The number of rotatable bonds is 6. The number of hydrogen-bond donors (Lipinski definition) is 0. The Hall–Kier alpha value is -2.35. The summed E-state index contributed by atoms with van der Waals surface area (Å²) in [6.45, 7) is 2.98. The summed E-state index contributed by atoms with van der Waals surface area (Å²) >= 11 is 4.83. The van der Waals surface area contributed by atoms with Crippen LogP contribution >= 0.6 is 12.2 Å². The standard InChI is InChI=1S/C16H16F2N2O3S/c1-3-13(24)22-9-23-16(21)14-15(18)19-8-20(14)10(2)11-6-4-5-7-12(11)17/h4-8,10H,3,9H2,1-2H3/t10-/m1/s1. The van der Waals surface area contributed by atoms with Crippen LogP contribution in [0.4, 0.5) is 8.78 Å². The van der Waals surface area contributed by atoms with Gasteiger partial charge < -0.3 is 14.0 Å². The predicted molar refractivity (Wildman–Crippen MR) is 86.7 cm³/mol. The first-order valence-electron chi connectivity index (χ1n) is 7.25. The molecule has 0 saturated heterocycles. The Morgan fingerprint density at radius 2 is 2.04 bits per heavy atom. The van der Waals surface area contributed by atoms with E-state index in [1.807, 2.05) is 0 Å². The lowest BCUT2D eigenvalue weighted by atomic mass is 10.1. The number of imidazole rings is 1. The average Bonchev–Trinajstić information content (AvgIpc) is 2.96. The van der Waals surface area contributed by atoms with Crippen LogP contribution in [0.3, 0.4) is 0 Å². The Bertz CT molecular complexity index is 749. The van der Waals surface area contributed by atoms with Crippen LogP contribution in [0.15, 0.2) is 30.6 Å². The summed E-state index contributed by atoms with van der Waals surface area (Å²) in [5.41, 5.74) is -0.107. The van der Waals surface area contributed by atoms with Gasteiger partial charge in [-0.2, -0.15) is 4.39 Å². The first-order chi connectivity index (χ1) is 11.5. The van der Waals surface area contributed by atoms with Crippen molar-refractivity contribution in [1.82, 2.24) is 9.55 Å². The van der Waals surface area contributed by atoms with Gasteiger partial charge in [0, 0.05) is 12.0 Å². The minimum absolute atomic E-state index is 0.275. The monoisotopic (exact) mass is 354 g/mol. The van der Waals surface area contributed by atoms with Gasteiger partial charge in [-0.15, -0.1) is 0 Å². The fourth-order valence-corrected chi connectivity index (χ4v) is 2.15. The quantitative estimate of drug-likeness (QED) is 0.450. The van der Waals surface area contributed by atoms with Crippen molar-refractivity contribution in [3.63, 3.8) is 0 Å². The molecular formula is C16H16F2N2O3S. The number of hydrogen-bond acceptors (Lipinski definition) is 5. The molecule has 0 bridgehead atoms. The highest BCUT2D eigenvalue weighted by molar-refractivity contribution is 7.80. The molecule has 0 aliphatic carbocycles. The van der Waals surface area contributed by atoms with Crippen LogP contribution in [-0.4, -0.2) is 27.4 Å². The Labute approximate surface area is 143 Å². The van der Waals surface area contributed by atoms with Gasteiger partial charge in [0.05, 0.1) is 12.4 Å². The molecule has 0 spiro atoms. The summed E-state index contributed by atoms with van der Waals surface area (Å²) < 4.78 is 38.9. The third-order valence-corrected chi connectivity index (χ3v) is 3.82. The SMILES string of the molecule is CCC(=S)OCOC(=O)c1c(F)ncn1[C@H](C)c1ccccc1F. The molecule has 1 aromatic carbocycles. The van der Waals surface area contributed by atoms with Gasteiger partial charge >= 0.3 is 5.97 Å². The average molecular weight is 354 g/mol. The van der Waals surface area contributed by atoms with Crippen molar-refractivity contribution in [2.75, 3.05) is 6.79 Å². The molecule has 0 aliphatic heterocycles. The topological polar surface area (TPSA) is 53.4 Å². The molecule has 0 aliphatic rings. The van der Waals surface area contributed by atoms with Gasteiger partial charge in [0.2, 0.25) is 12.7 Å². The number of nitrogens with zero attached hydrogens (tertiary/aromatic N) is 2. The van der Waals surface area contributed by atoms with Gasteiger partial charge in [-0.3, -0.25) is 0 Å². The third kappa shape index (κ3) is 3.94. The zero-order valence-electron chi connectivity index (χ0n) is 13.2. The van der Waals surface area contributed by atoms with Crippen molar-refractivity contribution in [2.24, 2.45) is 0 Å². The van der Waals surface area contributed by atoms with Crippen molar-refractivity contribution in [1.29, 1.82) is 0 Å². The van der Waals surface area contributed by atoms with E-state index in [1.54, 1.807) is 32.0 Å². The molecule has 128 valence electrons. The molecule has 1 heterocycles. The molecular weight excluding hydrogens is 338 g/mol. The molecule has 0 radical (unpaired) electrons. The van der Waals surface area contributed by atoms with Crippen molar-refractivity contribution in [3.05, 3.63) is 53.6 Å². The molecule has 2 aromatic rings. The highest BCUT2D eigenvalue weighted by atomic mass is 32.1. The second-order valence-electron chi connectivity index (χ2n) is 4.91. The fourth-order valence-electron chi connectivity index (χ4n) is 2.10. The predicted octanol–water partition coefficient (Wildman–Crippen LogP) is 3.64. The van der Waals surface area contributed by atoms with Crippen molar-refractivity contribution >= 4 is 23.2 Å². The van der Waals surface area contributed by atoms with Crippen molar-refractivity contribution in [2.45, 2.75) is 26.3 Å². The van der Waals surface area contributed by atoms with E-state index in [9.17, 15) is 13.6 Å². The Balaban J connectivity index is 2.20. The molecule has 24 heavy (non-hydrogen) atoms. The smallest absolute Gasteiger partial charge is 0.362 e. The maximum atomic E-state index is 13.9. The van der Waals surface area contributed by atoms with Gasteiger partial charge in [0.25, 0.3) is 0 Å². The van der Waals surface area contributed by atoms with E-state index in [0.717, 1.165) is 6.33 Å². The number of esters is 1. The zero-order valence-corrected chi connectivity index (χ0v) is 14.0. The molecule has 8 heteroatoms. The minimum Gasteiger partial charge on any atom is -0.451 e. The number of halogens is 2. The molecule has 0 unspecified atom stereocenters. The van der Waals surface area contributed by atoms with Crippen LogP contribution in [0.2, 0.25) is 0 Å². The van der Waals surface area contributed by atoms with Gasteiger partial charge in [-0.1, -0.05) is 25.1 Å². The van der Waals surface area contributed by atoms with E-state index in [4.69, 9.17) is 21.7 Å². The summed E-state index contributed by atoms with van der Waals surface area (Å²) in [5.74, 6) is -2.43. The molecule has 5 nitrogen and oxygen atoms in total. The van der Waals surface area contributed by atoms with Crippen molar-refractivity contribution < 1.29 is 23.0 Å². The summed E-state index contributed by atoms with van der Waals surface area (Å²) in [6, 6.07) is 5.39. The Kier molecular flexibility index (Phi) is 5.97. The van der Waals surface area contributed by atoms with Crippen molar-refractivity contribution in [3.8, 4) is 0 Å². The van der Waals surface area contributed by atoms with E-state index in [1.165, 1.54) is 10.6 Å². The summed E-state index contributed by atoms with van der Waals surface area (Å²) in [6.07, 6.45) is 1.62. The minimum atomic E-state index is -0.999. The van der Waals surface area contributed by atoms with E-state index in [-0.39, 0.29) is 5.05 Å². The van der Waals surface area contributed by atoms with E-state index in [2.05, 4.69) is 4.98 Å². The van der Waals surface area contributed by atoms with Crippen LogP contribution in [0.25, 0.3) is 0 Å². The summed E-state index contributed by atoms with van der Waals surface area (Å²) in [5, 5.41) is 0.275. The second kappa shape index (κ2) is 7.96. The number of aromatic nitrogens is 2. The Morgan fingerprint density at radius 1 is 1.33 bits per heavy atom. The highest BCUT2D eigenvalue weighted by Gasteiger charge is 2.25. The van der Waals surface area contributed by atoms with Gasteiger partial charge in [0.1, 0.15) is 5.82 Å². The maximum Gasteiger partial charge on any atom is 0.362 e. The van der Waals surface area contributed by atoms with Gasteiger partial charge in [-0.05, 0) is 25.2 Å². The number of carbonyl (C=O) groups excluding carboxylic acids is 1. The third-order valence-electron chi connectivity index (χ3n) is 3.41. The van der Waals surface area contributed by atoms with Gasteiger partial charge in [0.15, 0.2) is 10.7 Å². The van der Waals surface area contributed by atoms with Crippen LogP contribution in [0.1, 0.15) is 42.4 Å². The first kappa shape index (κ1) is 18.0. The van der Waals surface area contributed by atoms with E-state index < -0.39 is 36.3 Å². The summed E-state index contributed by atoms with van der Waals surface area (Å²) in [4.78, 5) is 15.6. The maximum absolute atomic E-state index is 13.9. The van der Waals surface area contributed by atoms with Gasteiger partial charge in [-0.25, -0.2) is 14.2 Å². The lowest BCUT2D eigenvalue weighted by molar-refractivity contribution is 0.0102. The molecule has 0 N–H and O–H groups in total. The zero-order chi connectivity index (χ0) is 17.7. The van der Waals surface area contributed by atoms with E-state index in [0.29, 0.717) is 12.0 Å². The van der Waals surface area contributed by atoms with E-state index >= 15 is 0 Å². The number of carbonyl (C=O) groups is 1. The fraction of sp³-hybridized carbons (Fsp3) is 0.312.